The second-order valence-corrected chi connectivity index (χ2v) is 13.1. The molecule has 0 bridgehead atoms. The molecule has 0 aliphatic carbocycles. The molecule has 4 heterocycles. The van der Waals surface area contributed by atoms with E-state index in [1.54, 1.807) is 6.92 Å². The van der Waals surface area contributed by atoms with Gasteiger partial charge in [-0.15, -0.1) is 0 Å². The van der Waals surface area contributed by atoms with Crippen molar-refractivity contribution < 1.29 is 83.2 Å². The summed E-state index contributed by atoms with van der Waals surface area (Å²) >= 11 is 0. The Kier molecular flexibility index (Phi) is 10.4. The molecule has 1 aromatic heterocycles. The van der Waals surface area contributed by atoms with E-state index in [4.69, 9.17) is 37.6 Å². The number of aromatic hydroxyl groups is 2. The highest BCUT2D eigenvalue weighted by molar-refractivity contribution is 5.88. The lowest BCUT2D eigenvalue weighted by Gasteiger charge is -2.42. The van der Waals surface area contributed by atoms with Crippen LogP contribution in [0.15, 0.2) is 45.6 Å². The highest BCUT2D eigenvalue weighted by Crippen LogP contribution is 2.40. The number of carbonyl (C=O) groups excluding carboxylic acids is 1. The first kappa shape index (κ1) is 37.7. The number of hydrogen-bond acceptors (Lipinski definition) is 18. The first-order valence-corrected chi connectivity index (χ1v) is 16.3. The number of phenols is 2. The summed E-state index contributed by atoms with van der Waals surface area (Å²) in [5.41, 5.74) is -3.38. The Morgan fingerprint density at radius 1 is 0.827 bits per heavy atom. The van der Waals surface area contributed by atoms with Crippen LogP contribution in [-0.4, -0.2) is 133 Å². The van der Waals surface area contributed by atoms with E-state index in [0.717, 1.165) is 13.2 Å². The molecule has 3 saturated heterocycles. The fraction of sp³-hybridized carbons (Fsp3) is 0.529. The van der Waals surface area contributed by atoms with Crippen molar-refractivity contribution in [3.05, 3.63) is 46.6 Å². The Hall–Kier alpha value is -4.08. The van der Waals surface area contributed by atoms with Gasteiger partial charge < -0.3 is 78.4 Å². The summed E-state index contributed by atoms with van der Waals surface area (Å²) in [5, 5.41) is 84.3. The largest absolute Gasteiger partial charge is 0.508 e. The van der Waals surface area contributed by atoms with Gasteiger partial charge in [-0.05, 0) is 45.0 Å². The molecular weight excluding hydrogens is 696 g/mol. The van der Waals surface area contributed by atoms with Crippen LogP contribution in [0.4, 0.5) is 0 Å². The summed E-state index contributed by atoms with van der Waals surface area (Å²) in [7, 11) is 1.05. The van der Waals surface area contributed by atoms with Crippen molar-refractivity contribution in [1.82, 2.24) is 0 Å². The third-order valence-corrected chi connectivity index (χ3v) is 9.28. The Balaban J connectivity index is 1.41. The third kappa shape index (κ3) is 6.78. The van der Waals surface area contributed by atoms with E-state index >= 15 is 0 Å². The average Bonchev–Trinajstić information content (AvgIpc) is 3.40. The number of fused-ring (bicyclic) bond motifs is 1. The molecule has 8 N–H and O–H groups in total. The molecule has 0 saturated carbocycles. The molecule has 2 aromatic carbocycles. The van der Waals surface area contributed by atoms with Crippen molar-refractivity contribution in [2.24, 2.45) is 0 Å². The SMILES string of the molecule is COC(=O)[C@]1(O)C[C@H](C)O[C@@H]1O[C@H]1[C@H](Oc2c(-c3ccc(O)cc3)oc3cc(O[C@@H]4O[C@@H](C)[C@H](O)[C@@H](O)[C@H]4O)cc(O)c3c2=O)O[C@@H](C)[C@H](O)[C@H]1O. The van der Waals surface area contributed by atoms with Crippen LogP contribution in [0, 0.1) is 0 Å². The smallest absolute Gasteiger partial charge is 0.343 e. The maximum atomic E-state index is 14.2. The molecule has 3 aliphatic heterocycles. The molecule has 0 unspecified atom stereocenters. The molecule has 13 atom stereocenters. The monoisotopic (exact) mass is 736 g/mol. The van der Waals surface area contributed by atoms with Gasteiger partial charge in [-0.1, -0.05) is 0 Å². The summed E-state index contributed by atoms with van der Waals surface area (Å²) in [6, 6.07) is 7.56. The van der Waals surface area contributed by atoms with Crippen LogP contribution >= 0.6 is 0 Å². The standard InChI is InChI=1S/C34H40O18/c1-12-11-34(44,32(43)45-4)33(46-12)52-29-25(41)22(38)14(3)48-31(29)51-28-23(39)20-18(36)9-17(49-30-26(42)24(40)21(37)13(2)47-30)10-19(20)50-27(28)15-5-7-16(35)8-6-15/h5-10,12-14,21-22,24-26,29-31,33,35-38,40-42,44H,11H2,1-4H3/t12-,13-,14-,21-,22-,24+,25+,26+,29+,30-,31-,33+,34+/m0/s1. The van der Waals surface area contributed by atoms with E-state index in [1.807, 2.05) is 0 Å². The third-order valence-electron chi connectivity index (χ3n) is 9.28. The van der Waals surface area contributed by atoms with Crippen molar-refractivity contribution in [2.75, 3.05) is 7.11 Å². The second-order valence-electron chi connectivity index (χ2n) is 13.1. The molecule has 6 rings (SSSR count). The number of methoxy groups -OCH3 is 1. The van der Waals surface area contributed by atoms with Gasteiger partial charge in [-0.25, -0.2) is 4.79 Å². The highest BCUT2D eigenvalue weighted by Gasteiger charge is 2.57. The molecule has 0 spiro atoms. The zero-order chi connectivity index (χ0) is 37.8. The summed E-state index contributed by atoms with van der Waals surface area (Å²) < 4.78 is 45.4. The molecule has 52 heavy (non-hydrogen) atoms. The molecular formula is C34H40O18. The summed E-state index contributed by atoms with van der Waals surface area (Å²) in [6.45, 7) is 4.41. The van der Waals surface area contributed by atoms with Crippen LogP contribution in [0.3, 0.4) is 0 Å². The number of rotatable bonds is 8. The number of phenolic OH excluding ortho intramolecular Hbond substituents is 2. The van der Waals surface area contributed by atoms with Gasteiger partial charge in [0.15, 0.2) is 18.2 Å². The molecule has 284 valence electrons. The van der Waals surface area contributed by atoms with E-state index in [9.17, 15) is 50.4 Å². The van der Waals surface area contributed by atoms with E-state index in [2.05, 4.69) is 0 Å². The minimum atomic E-state index is -2.33. The van der Waals surface area contributed by atoms with Gasteiger partial charge in [0.1, 0.15) is 58.7 Å². The predicted octanol–water partition coefficient (Wildman–Crippen LogP) is -0.653. The highest BCUT2D eigenvalue weighted by atomic mass is 16.8. The first-order valence-electron chi connectivity index (χ1n) is 16.3. The van der Waals surface area contributed by atoms with Crippen LogP contribution in [0.1, 0.15) is 27.2 Å². The maximum absolute atomic E-state index is 14.2. The molecule has 3 aromatic rings. The van der Waals surface area contributed by atoms with Crippen LogP contribution in [0.5, 0.6) is 23.0 Å². The Bertz CT molecular complexity index is 1830. The van der Waals surface area contributed by atoms with Crippen molar-refractivity contribution in [2.45, 2.75) is 107 Å². The van der Waals surface area contributed by atoms with Gasteiger partial charge in [0.05, 0.1) is 25.4 Å². The lowest BCUT2D eigenvalue weighted by atomic mass is 9.97. The number of ether oxygens (including phenoxy) is 7. The predicted molar refractivity (Wildman–Crippen MR) is 172 cm³/mol. The quantitative estimate of drug-likeness (QED) is 0.133. The number of esters is 1. The minimum absolute atomic E-state index is 0.130. The number of benzene rings is 2. The summed E-state index contributed by atoms with van der Waals surface area (Å²) in [5.74, 6) is -2.93. The van der Waals surface area contributed by atoms with Crippen LogP contribution in [0.2, 0.25) is 0 Å². The fourth-order valence-corrected chi connectivity index (χ4v) is 6.39. The van der Waals surface area contributed by atoms with Gasteiger partial charge in [0, 0.05) is 24.1 Å². The number of carbonyl (C=O) groups is 1. The van der Waals surface area contributed by atoms with Gasteiger partial charge >= 0.3 is 5.97 Å². The van der Waals surface area contributed by atoms with Gasteiger partial charge in [0.2, 0.25) is 29.4 Å². The average molecular weight is 737 g/mol. The Labute approximate surface area is 294 Å². The maximum Gasteiger partial charge on any atom is 0.343 e. The van der Waals surface area contributed by atoms with Crippen molar-refractivity contribution >= 4 is 16.9 Å². The van der Waals surface area contributed by atoms with Crippen LogP contribution in [-0.2, 0) is 28.5 Å². The number of hydrogen-bond donors (Lipinski definition) is 8. The van der Waals surface area contributed by atoms with Crippen molar-refractivity contribution in [1.29, 1.82) is 0 Å². The fourth-order valence-electron chi connectivity index (χ4n) is 6.39. The molecule has 3 fully saturated rings. The lowest BCUT2D eigenvalue weighted by Crippen LogP contribution is -2.62. The van der Waals surface area contributed by atoms with E-state index in [0.29, 0.717) is 0 Å². The van der Waals surface area contributed by atoms with E-state index < -0.39 is 108 Å². The first-order chi connectivity index (χ1) is 24.5. The molecule has 18 nitrogen and oxygen atoms in total. The summed E-state index contributed by atoms with van der Waals surface area (Å²) in [4.78, 5) is 26.8. The van der Waals surface area contributed by atoms with Gasteiger partial charge in [0.25, 0.3) is 0 Å². The van der Waals surface area contributed by atoms with Gasteiger partial charge in [-0.2, -0.15) is 0 Å². The molecule has 18 heteroatoms. The van der Waals surface area contributed by atoms with Gasteiger partial charge in [-0.3, -0.25) is 4.79 Å². The molecule has 3 aliphatic rings. The van der Waals surface area contributed by atoms with E-state index in [-0.39, 0.29) is 34.8 Å². The Morgan fingerprint density at radius 2 is 1.46 bits per heavy atom. The number of aliphatic hydroxyl groups is 6. The van der Waals surface area contributed by atoms with Crippen molar-refractivity contribution in [3.63, 3.8) is 0 Å². The normalized spacial score (nSPS) is 36.4. The lowest BCUT2D eigenvalue weighted by molar-refractivity contribution is -0.322. The topological polar surface area (TPSA) is 274 Å². The van der Waals surface area contributed by atoms with Crippen molar-refractivity contribution in [3.8, 4) is 34.3 Å². The molecule has 0 amide bonds. The number of aliphatic hydroxyl groups excluding tert-OH is 5. The second kappa shape index (κ2) is 14.4. The van der Waals surface area contributed by atoms with Crippen LogP contribution in [0.25, 0.3) is 22.3 Å². The minimum Gasteiger partial charge on any atom is -0.508 e. The van der Waals surface area contributed by atoms with Crippen LogP contribution < -0.4 is 14.9 Å². The zero-order valence-corrected chi connectivity index (χ0v) is 28.3. The zero-order valence-electron chi connectivity index (χ0n) is 28.3. The summed E-state index contributed by atoms with van der Waals surface area (Å²) in [6.07, 6.45) is -17.8. The molecule has 0 radical (unpaired) electrons. The van der Waals surface area contributed by atoms with E-state index in [1.165, 1.54) is 44.2 Å². The Morgan fingerprint density at radius 3 is 2.12 bits per heavy atom.